The molecule has 1 amide bonds. The number of ether oxygens (including phenoxy) is 1. The van der Waals surface area contributed by atoms with E-state index in [1.165, 1.54) is 23.1 Å². The molecule has 19 heavy (non-hydrogen) atoms. The van der Waals surface area contributed by atoms with Crippen LogP contribution in [0.1, 0.15) is 34.8 Å². The van der Waals surface area contributed by atoms with E-state index in [2.05, 4.69) is 6.07 Å². The molecule has 1 saturated heterocycles. The maximum Gasteiger partial charge on any atom is 0.255 e. The Morgan fingerprint density at radius 3 is 3.05 bits per heavy atom. The van der Waals surface area contributed by atoms with Gasteiger partial charge in [0.05, 0.1) is 12.2 Å². The second-order valence-corrected chi connectivity index (χ2v) is 4.86. The lowest BCUT2D eigenvalue weighted by atomic mass is 10.1. The molecular weight excluding hydrogens is 247 g/mol. The van der Waals surface area contributed by atoms with Gasteiger partial charge >= 0.3 is 0 Å². The highest BCUT2D eigenvalue weighted by Crippen LogP contribution is 2.34. The molecule has 2 aliphatic rings. The molecule has 1 aromatic carbocycles. The fraction of sp³-hybridized carbons (Fsp3) is 0.429. The van der Waals surface area contributed by atoms with Crippen molar-refractivity contribution in [2.24, 2.45) is 0 Å². The third-order valence-electron chi connectivity index (χ3n) is 3.66. The molecule has 2 heterocycles. The third-order valence-corrected chi connectivity index (χ3v) is 3.66. The Bertz CT molecular complexity index is 561. The summed E-state index contributed by atoms with van der Waals surface area (Å²) in [4.78, 5) is 13.7. The number of fused-ring (bicyclic) bond motifs is 1. The van der Waals surface area contributed by atoms with E-state index in [4.69, 9.17) is 4.74 Å². The van der Waals surface area contributed by atoms with Gasteiger partial charge in [-0.2, -0.15) is 5.26 Å². The maximum atomic E-state index is 13.3. The van der Waals surface area contributed by atoms with E-state index in [1.807, 2.05) is 0 Å². The van der Waals surface area contributed by atoms with Crippen LogP contribution in [-0.2, 0) is 4.74 Å². The van der Waals surface area contributed by atoms with Crippen LogP contribution in [0.5, 0.6) is 0 Å². The highest BCUT2D eigenvalue weighted by molar-refractivity contribution is 5.99. The van der Waals surface area contributed by atoms with E-state index in [-0.39, 0.29) is 12.0 Å². The number of rotatable bonds is 2. The Morgan fingerprint density at radius 2 is 2.37 bits per heavy atom. The first-order valence-corrected chi connectivity index (χ1v) is 6.32. The summed E-state index contributed by atoms with van der Waals surface area (Å²) in [6, 6.07) is 5.35. The van der Waals surface area contributed by atoms with Crippen molar-refractivity contribution in [1.82, 2.24) is 4.90 Å². The molecule has 2 aliphatic heterocycles. The van der Waals surface area contributed by atoms with Crippen LogP contribution in [0.15, 0.2) is 18.2 Å². The molecule has 0 aromatic heterocycles. The Hall–Kier alpha value is -1.93. The van der Waals surface area contributed by atoms with Crippen LogP contribution in [0.2, 0.25) is 0 Å². The van der Waals surface area contributed by atoms with E-state index < -0.39 is 11.9 Å². The summed E-state index contributed by atoms with van der Waals surface area (Å²) in [6.45, 7) is 1.10. The fourth-order valence-corrected chi connectivity index (χ4v) is 2.73. The number of hydrogen-bond acceptors (Lipinski definition) is 3. The second kappa shape index (κ2) is 4.63. The van der Waals surface area contributed by atoms with Gasteiger partial charge in [0, 0.05) is 24.3 Å². The van der Waals surface area contributed by atoms with Crippen molar-refractivity contribution in [2.75, 3.05) is 13.2 Å². The minimum atomic E-state index is -0.706. The normalized spacial score (nSPS) is 25.5. The molecule has 98 valence electrons. The summed E-state index contributed by atoms with van der Waals surface area (Å²) in [6.07, 6.45) is 1.86. The molecule has 1 aromatic rings. The van der Waals surface area contributed by atoms with Gasteiger partial charge in [0.1, 0.15) is 11.9 Å². The van der Waals surface area contributed by atoms with Crippen molar-refractivity contribution >= 4 is 5.91 Å². The summed E-state index contributed by atoms with van der Waals surface area (Å²) in [5.74, 6) is -0.636. The molecule has 3 rings (SSSR count). The zero-order valence-electron chi connectivity index (χ0n) is 10.3. The van der Waals surface area contributed by atoms with Gasteiger partial charge in [-0.25, -0.2) is 4.39 Å². The smallest absolute Gasteiger partial charge is 0.255 e. The quantitative estimate of drug-likeness (QED) is 0.817. The fourth-order valence-electron chi connectivity index (χ4n) is 2.73. The largest absolute Gasteiger partial charge is 0.376 e. The zero-order valence-corrected chi connectivity index (χ0v) is 10.3. The third kappa shape index (κ3) is 1.98. The van der Waals surface area contributed by atoms with Crippen molar-refractivity contribution in [2.45, 2.75) is 25.0 Å². The molecule has 2 atom stereocenters. The Balaban J connectivity index is 1.90. The van der Waals surface area contributed by atoms with Gasteiger partial charge in [0.2, 0.25) is 0 Å². The van der Waals surface area contributed by atoms with Crippen LogP contribution in [-0.4, -0.2) is 30.1 Å². The van der Waals surface area contributed by atoms with E-state index >= 15 is 0 Å². The minimum absolute atomic E-state index is 0.0149. The lowest BCUT2D eigenvalue weighted by Crippen LogP contribution is -2.34. The van der Waals surface area contributed by atoms with E-state index in [9.17, 15) is 14.4 Å². The molecule has 0 radical (unpaired) electrons. The van der Waals surface area contributed by atoms with E-state index in [1.54, 1.807) is 0 Å². The number of nitrogens with zero attached hydrogens (tertiary/aromatic N) is 2. The molecular formula is C14H13FN2O2. The molecule has 4 nitrogen and oxygen atoms in total. The zero-order chi connectivity index (χ0) is 13.4. The number of nitriles is 1. The average molecular weight is 260 g/mol. The van der Waals surface area contributed by atoms with E-state index in [0.717, 1.165) is 12.8 Å². The van der Waals surface area contributed by atoms with Crippen LogP contribution in [0.3, 0.4) is 0 Å². The summed E-state index contributed by atoms with van der Waals surface area (Å²) >= 11 is 0. The highest BCUT2D eigenvalue weighted by atomic mass is 19.1. The van der Waals surface area contributed by atoms with Crippen LogP contribution < -0.4 is 0 Å². The molecule has 0 spiro atoms. The van der Waals surface area contributed by atoms with Gasteiger partial charge in [-0.3, -0.25) is 4.79 Å². The van der Waals surface area contributed by atoms with E-state index in [0.29, 0.717) is 24.3 Å². The van der Waals surface area contributed by atoms with Gasteiger partial charge < -0.3 is 9.64 Å². The first-order chi connectivity index (χ1) is 9.20. The lowest BCUT2D eigenvalue weighted by Gasteiger charge is -2.23. The second-order valence-electron chi connectivity index (χ2n) is 4.86. The summed E-state index contributed by atoms with van der Waals surface area (Å²) in [5, 5.41) is 9.26. The molecule has 0 bridgehead atoms. The molecule has 2 unspecified atom stereocenters. The van der Waals surface area contributed by atoms with Gasteiger partial charge in [-0.05, 0) is 31.0 Å². The minimum Gasteiger partial charge on any atom is -0.376 e. The predicted octanol–water partition coefficient (Wildman–Crippen LogP) is 2.03. The average Bonchev–Trinajstić information content (AvgIpc) is 2.98. The Labute approximate surface area is 110 Å². The molecule has 0 aliphatic carbocycles. The van der Waals surface area contributed by atoms with Crippen LogP contribution >= 0.6 is 0 Å². The molecule has 1 fully saturated rings. The molecule has 0 saturated carbocycles. The monoisotopic (exact) mass is 260 g/mol. The summed E-state index contributed by atoms with van der Waals surface area (Å²) in [7, 11) is 0. The Morgan fingerprint density at radius 1 is 1.53 bits per heavy atom. The standard InChI is InChI=1S/C14H13FN2O2/c15-9-3-4-11-12(6-9)13(7-16)17(14(11)18)8-10-2-1-5-19-10/h3-4,6,10,13H,1-2,5,8H2. The van der Waals surface area contributed by atoms with Crippen LogP contribution in [0, 0.1) is 17.1 Å². The molecule has 0 N–H and O–H groups in total. The van der Waals surface area contributed by atoms with Crippen molar-refractivity contribution in [1.29, 1.82) is 5.26 Å². The first-order valence-electron chi connectivity index (χ1n) is 6.32. The Kier molecular flexibility index (Phi) is 2.96. The number of carbonyl (C=O) groups excluding carboxylic acids is 1. The SMILES string of the molecule is N#CC1c2cc(F)ccc2C(=O)N1CC1CCCO1. The van der Waals surface area contributed by atoms with Gasteiger partial charge in [-0.1, -0.05) is 0 Å². The predicted molar refractivity (Wildman–Crippen MR) is 64.8 cm³/mol. The number of hydrogen-bond donors (Lipinski definition) is 0. The summed E-state index contributed by atoms with van der Waals surface area (Å²) < 4.78 is 18.8. The lowest BCUT2D eigenvalue weighted by molar-refractivity contribution is 0.0511. The van der Waals surface area contributed by atoms with Crippen molar-refractivity contribution < 1.29 is 13.9 Å². The first kappa shape index (κ1) is 12.1. The summed E-state index contributed by atoms with van der Waals surface area (Å²) in [5.41, 5.74) is 0.886. The number of amides is 1. The van der Waals surface area contributed by atoms with Crippen molar-refractivity contribution in [3.8, 4) is 6.07 Å². The van der Waals surface area contributed by atoms with Crippen LogP contribution in [0.25, 0.3) is 0 Å². The topological polar surface area (TPSA) is 53.3 Å². The maximum absolute atomic E-state index is 13.3. The van der Waals surface area contributed by atoms with Crippen LogP contribution in [0.4, 0.5) is 4.39 Å². The molecule has 5 heteroatoms. The van der Waals surface area contributed by atoms with Crippen molar-refractivity contribution in [3.63, 3.8) is 0 Å². The van der Waals surface area contributed by atoms with Crippen molar-refractivity contribution in [3.05, 3.63) is 35.1 Å². The number of halogens is 1. The highest BCUT2D eigenvalue weighted by Gasteiger charge is 2.38. The number of benzene rings is 1. The van der Waals surface area contributed by atoms with Gasteiger partial charge in [-0.15, -0.1) is 0 Å². The number of carbonyl (C=O) groups is 1. The van der Waals surface area contributed by atoms with Gasteiger partial charge in [0.25, 0.3) is 5.91 Å². The van der Waals surface area contributed by atoms with Gasteiger partial charge in [0.15, 0.2) is 0 Å².